The van der Waals surface area contributed by atoms with Crippen LogP contribution in [0.2, 0.25) is 0 Å². The van der Waals surface area contributed by atoms with Crippen molar-refractivity contribution in [3.05, 3.63) is 10.6 Å². The smallest absolute Gasteiger partial charge is 0.195 e. The molecule has 96 valence electrons. The number of H-pyrrole nitrogens is 1. The summed E-state index contributed by atoms with van der Waals surface area (Å²) in [6.07, 6.45) is 6.42. The van der Waals surface area contributed by atoms with Gasteiger partial charge < -0.3 is 9.47 Å². The molecule has 1 aromatic rings. The molecule has 4 nitrogen and oxygen atoms in total. The SMILES string of the molecule is CCc1n[nH]c(=S)n1CCN(C)C1CCCC1. The van der Waals surface area contributed by atoms with E-state index in [0.29, 0.717) is 0 Å². The molecule has 1 N–H and O–H groups in total. The molecule has 0 saturated heterocycles. The second-order valence-corrected chi connectivity index (χ2v) is 5.26. The Morgan fingerprint density at radius 3 is 2.82 bits per heavy atom. The van der Waals surface area contributed by atoms with Crippen LogP contribution in [0, 0.1) is 4.77 Å². The Hall–Kier alpha value is -0.680. The number of aromatic amines is 1. The van der Waals surface area contributed by atoms with E-state index in [4.69, 9.17) is 12.2 Å². The highest BCUT2D eigenvalue weighted by molar-refractivity contribution is 7.71. The molecule has 0 aliphatic heterocycles. The maximum Gasteiger partial charge on any atom is 0.195 e. The maximum atomic E-state index is 5.25. The molecule has 0 atom stereocenters. The van der Waals surface area contributed by atoms with Gasteiger partial charge in [0.05, 0.1) is 0 Å². The van der Waals surface area contributed by atoms with Crippen molar-refractivity contribution in [2.45, 2.75) is 51.6 Å². The Kier molecular flexibility index (Phi) is 4.34. The Balaban J connectivity index is 1.92. The molecule has 17 heavy (non-hydrogen) atoms. The normalized spacial score (nSPS) is 17.1. The van der Waals surface area contributed by atoms with Gasteiger partial charge in [-0.25, -0.2) is 0 Å². The molecule has 2 rings (SSSR count). The van der Waals surface area contributed by atoms with Crippen LogP contribution in [0.25, 0.3) is 0 Å². The van der Waals surface area contributed by atoms with Gasteiger partial charge in [-0.2, -0.15) is 5.10 Å². The zero-order chi connectivity index (χ0) is 12.3. The zero-order valence-corrected chi connectivity index (χ0v) is 11.6. The molecule has 5 heteroatoms. The van der Waals surface area contributed by atoms with Gasteiger partial charge in [0.2, 0.25) is 0 Å². The van der Waals surface area contributed by atoms with Gasteiger partial charge >= 0.3 is 0 Å². The van der Waals surface area contributed by atoms with Crippen LogP contribution in [0.15, 0.2) is 0 Å². The van der Waals surface area contributed by atoms with Crippen molar-refractivity contribution in [3.8, 4) is 0 Å². The lowest BCUT2D eigenvalue weighted by Crippen LogP contribution is -2.32. The third-order valence-electron chi connectivity index (χ3n) is 3.78. The number of nitrogens with zero attached hydrogens (tertiary/aromatic N) is 3. The van der Waals surface area contributed by atoms with Gasteiger partial charge in [-0.1, -0.05) is 19.8 Å². The molecule has 0 aromatic carbocycles. The Morgan fingerprint density at radius 2 is 2.18 bits per heavy atom. The lowest BCUT2D eigenvalue weighted by atomic mass is 10.2. The largest absolute Gasteiger partial charge is 0.303 e. The Bertz CT molecular complexity index is 403. The van der Waals surface area contributed by atoms with E-state index in [2.05, 4.69) is 33.6 Å². The number of rotatable bonds is 5. The monoisotopic (exact) mass is 254 g/mol. The maximum absolute atomic E-state index is 5.25. The molecule has 0 spiro atoms. The average Bonchev–Trinajstić information content (AvgIpc) is 2.95. The van der Waals surface area contributed by atoms with Crippen LogP contribution >= 0.6 is 12.2 Å². The van der Waals surface area contributed by atoms with Gasteiger partial charge in [0.25, 0.3) is 0 Å². The number of hydrogen-bond acceptors (Lipinski definition) is 3. The molecule has 1 saturated carbocycles. The minimum absolute atomic E-state index is 0.752. The predicted molar refractivity (Wildman–Crippen MR) is 71.7 cm³/mol. The highest BCUT2D eigenvalue weighted by Crippen LogP contribution is 2.22. The molecular weight excluding hydrogens is 232 g/mol. The summed E-state index contributed by atoms with van der Waals surface area (Å²) in [7, 11) is 2.23. The molecule has 1 aliphatic carbocycles. The summed E-state index contributed by atoms with van der Waals surface area (Å²) in [6.45, 7) is 4.12. The average molecular weight is 254 g/mol. The second-order valence-electron chi connectivity index (χ2n) is 4.87. The van der Waals surface area contributed by atoms with Crippen LogP contribution in [0.1, 0.15) is 38.4 Å². The number of hydrogen-bond donors (Lipinski definition) is 1. The van der Waals surface area contributed by atoms with E-state index in [1.807, 2.05) is 0 Å². The van der Waals surface area contributed by atoms with Gasteiger partial charge in [-0.15, -0.1) is 0 Å². The fraction of sp³-hybridized carbons (Fsp3) is 0.833. The molecule has 0 amide bonds. The molecule has 1 heterocycles. The van der Waals surface area contributed by atoms with Crippen molar-refractivity contribution in [1.29, 1.82) is 0 Å². The quantitative estimate of drug-likeness (QED) is 0.820. The highest BCUT2D eigenvalue weighted by Gasteiger charge is 2.19. The molecule has 0 unspecified atom stereocenters. The number of aromatic nitrogens is 3. The summed E-state index contributed by atoms with van der Waals surface area (Å²) in [6, 6.07) is 0.779. The van der Waals surface area contributed by atoms with Crippen LogP contribution < -0.4 is 0 Å². The summed E-state index contributed by atoms with van der Waals surface area (Å²) in [5, 5.41) is 7.12. The van der Waals surface area contributed by atoms with Gasteiger partial charge in [0, 0.05) is 25.6 Å². The summed E-state index contributed by atoms with van der Waals surface area (Å²) in [4.78, 5) is 2.47. The minimum atomic E-state index is 0.752. The summed E-state index contributed by atoms with van der Waals surface area (Å²) in [5.74, 6) is 1.06. The van der Waals surface area contributed by atoms with Crippen LogP contribution in [-0.2, 0) is 13.0 Å². The van der Waals surface area contributed by atoms with Crippen molar-refractivity contribution in [2.24, 2.45) is 0 Å². The third-order valence-corrected chi connectivity index (χ3v) is 4.09. The van der Waals surface area contributed by atoms with Gasteiger partial charge in [-0.3, -0.25) is 5.10 Å². The molecular formula is C12H22N4S. The first-order valence-corrected chi connectivity index (χ1v) is 6.97. The van der Waals surface area contributed by atoms with Crippen molar-refractivity contribution in [2.75, 3.05) is 13.6 Å². The van der Waals surface area contributed by atoms with Crippen LogP contribution in [0.3, 0.4) is 0 Å². The Morgan fingerprint density at radius 1 is 1.47 bits per heavy atom. The van der Waals surface area contributed by atoms with Gasteiger partial charge in [0.15, 0.2) is 4.77 Å². The van der Waals surface area contributed by atoms with E-state index >= 15 is 0 Å². The van der Waals surface area contributed by atoms with Gasteiger partial charge in [-0.05, 0) is 32.1 Å². The molecule has 0 radical (unpaired) electrons. The van der Waals surface area contributed by atoms with Crippen LogP contribution in [-0.4, -0.2) is 39.3 Å². The minimum Gasteiger partial charge on any atom is -0.303 e. The molecule has 1 aliphatic rings. The van der Waals surface area contributed by atoms with E-state index in [1.54, 1.807) is 0 Å². The standard InChI is InChI=1S/C12H22N4S/c1-3-11-13-14-12(17)16(11)9-8-15(2)10-6-4-5-7-10/h10H,3-9H2,1-2H3,(H,14,17). The molecule has 1 fully saturated rings. The third kappa shape index (κ3) is 2.96. The zero-order valence-electron chi connectivity index (χ0n) is 10.8. The van der Waals surface area contributed by atoms with Crippen molar-refractivity contribution < 1.29 is 0 Å². The Labute approximate surface area is 108 Å². The summed E-state index contributed by atoms with van der Waals surface area (Å²) in [5.41, 5.74) is 0. The molecule has 1 aromatic heterocycles. The lowest BCUT2D eigenvalue weighted by Gasteiger charge is -2.24. The first kappa shape index (κ1) is 12.8. The fourth-order valence-corrected chi connectivity index (χ4v) is 2.88. The molecule has 0 bridgehead atoms. The van der Waals surface area contributed by atoms with E-state index < -0.39 is 0 Å². The number of nitrogens with one attached hydrogen (secondary N) is 1. The van der Waals surface area contributed by atoms with E-state index in [9.17, 15) is 0 Å². The first-order chi connectivity index (χ1) is 8.22. The summed E-state index contributed by atoms with van der Waals surface area (Å²) >= 11 is 5.25. The van der Waals surface area contributed by atoms with E-state index in [-0.39, 0.29) is 0 Å². The highest BCUT2D eigenvalue weighted by atomic mass is 32.1. The first-order valence-electron chi connectivity index (χ1n) is 6.56. The van der Waals surface area contributed by atoms with E-state index in [1.165, 1.54) is 25.7 Å². The fourth-order valence-electron chi connectivity index (χ4n) is 2.64. The number of aryl methyl sites for hydroxylation is 1. The van der Waals surface area contributed by atoms with Crippen molar-refractivity contribution in [3.63, 3.8) is 0 Å². The summed E-state index contributed by atoms with van der Waals surface area (Å²) < 4.78 is 2.88. The van der Waals surface area contributed by atoms with Crippen molar-refractivity contribution in [1.82, 2.24) is 19.7 Å². The van der Waals surface area contributed by atoms with E-state index in [0.717, 1.165) is 36.1 Å². The topological polar surface area (TPSA) is 36.9 Å². The second kappa shape index (κ2) is 5.78. The predicted octanol–water partition coefficient (Wildman–Crippen LogP) is 2.38. The van der Waals surface area contributed by atoms with Gasteiger partial charge in [0.1, 0.15) is 5.82 Å². The lowest BCUT2D eigenvalue weighted by molar-refractivity contribution is 0.235. The van der Waals surface area contributed by atoms with Crippen LogP contribution in [0.4, 0.5) is 0 Å². The van der Waals surface area contributed by atoms with Crippen LogP contribution in [0.5, 0.6) is 0 Å². The number of likely N-dealkylation sites (N-methyl/N-ethyl adjacent to an activating group) is 1. The van der Waals surface area contributed by atoms with Crippen molar-refractivity contribution >= 4 is 12.2 Å².